The molecule has 0 radical (unpaired) electrons. The fourth-order valence-corrected chi connectivity index (χ4v) is 3.13. The molecule has 6 nitrogen and oxygen atoms in total. The summed E-state index contributed by atoms with van der Waals surface area (Å²) >= 11 is 0. The molecule has 2 heterocycles. The zero-order valence-corrected chi connectivity index (χ0v) is 12.7. The summed E-state index contributed by atoms with van der Waals surface area (Å²) in [4.78, 5) is 28.0. The van der Waals surface area contributed by atoms with E-state index in [4.69, 9.17) is 0 Å². The quantitative estimate of drug-likeness (QED) is 0.784. The van der Waals surface area contributed by atoms with Crippen molar-refractivity contribution in [2.75, 3.05) is 32.7 Å². The molecule has 2 rings (SSSR count). The van der Waals surface area contributed by atoms with E-state index in [-0.39, 0.29) is 18.0 Å². The Balaban J connectivity index is 1.88. The van der Waals surface area contributed by atoms with Crippen molar-refractivity contribution in [3.8, 4) is 0 Å². The molecule has 114 valence electrons. The summed E-state index contributed by atoms with van der Waals surface area (Å²) in [5, 5.41) is 6.06. The first-order valence-corrected chi connectivity index (χ1v) is 7.54. The molecular weight excluding hydrogens is 256 g/mol. The van der Waals surface area contributed by atoms with Gasteiger partial charge in [-0.1, -0.05) is 6.92 Å². The molecule has 2 aliphatic heterocycles. The first kappa shape index (κ1) is 15.1. The van der Waals surface area contributed by atoms with Crippen molar-refractivity contribution in [2.45, 2.75) is 45.2 Å². The van der Waals surface area contributed by atoms with Crippen molar-refractivity contribution in [3.63, 3.8) is 0 Å². The van der Waals surface area contributed by atoms with Crippen LogP contribution in [0.1, 0.15) is 33.6 Å². The molecule has 0 unspecified atom stereocenters. The number of hydrogen-bond acceptors (Lipinski definition) is 3. The van der Waals surface area contributed by atoms with Gasteiger partial charge in [0.05, 0.1) is 5.54 Å². The van der Waals surface area contributed by atoms with Crippen LogP contribution in [-0.4, -0.2) is 66.0 Å². The summed E-state index contributed by atoms with van der Waals surface area (Å²) in [7, 11) is 0. The van der Waals surface area contributed by atoms with Crippen molar-refractivity contribution >= 4 is 11.9 Å². The van der Waals surface area contributed by atoms with Gasteiger partial charge in [-0.3, -0.25) is 4.79 Å². The van der Waals surface area contributed by atoms with Crippen LogP contribution in [0.4, 0.5) is 4.79 Å². The molecule has 3 amide bonds. The van der Waals surface area contributed by atoms with E-state index in [9.17, 15) is 9.59 Å². The first-order valence-electron chi connectivity index (χ1n) is 7.54. The monoisotopic (exact) mass is 282 g/mol. The summed E-state index contributed by atoms with van der Waals surface area (Å²) < 4.78 is 0. The number of likely N-dealkylation sites (N-methyl/N-ethyl adjacent to an activating group) is 1. The lowest BCUT2D eigenvalue weighted by Crippen LogP contribution is -2.57. The summed E-state index contributed by atoms with van der Waals surface area (Å²) in [6.45, 7) is 9.66. The van der Waals surface area contributed by atoms with Crippen LogP contribution >= 0.6 is 0 Å². The molecule has 0 aliphatic carbocycles. The van der Waals surface area contributed by atoms with Crippen molar-refractivity contribution in [2.24, 2.45) is 0 Å². The minimum atomic E-state index is -0.507. The molecular formula is C14H26N4O2. The second-order valence-electron chi connectivity index (χ2n) is 6.10. The Morgan fingerprint density at radius 1 is 1.35 bits per heavy atom. The first-order chi connectivity index (χ1) is 9.45. The van der Waals surface area contributed by atoms with Gasteiger partial charge in [-0.25, -0.2) is 4.79 Å². The Labute approximate surface area is 120 Å². The highest BCUT2D eigenvalue weighted by Gasteiger charge is 2.36. The summed E-state index contributed by atoms with van der Waals surface area (Å²) in [6.07, 6.45) is 1.75. The molecule has 0 aromatic heterocycles. The van der Waals surface area contributed by atoms with E-state index in [0.29, 0.717) is 0 Å². The minimum absolute atomic E-state index is 0.0442. The minimum Gasteiger partial charge on any atom is -0.341 e. The molecule has 2 N–H and O–H groups in total. The lowest BCUT2D eigenvalue weighted by atomic mass is 9.98. The molecule has 0 saturated carbocycles. The molecule has 2 aliphatic rings. The van der Waals surface area contributed by atoms with Gasteiger partial charge < -0.3 is 20.4 Å². The van der Waals surface area contributed by atoms with Crippen LogP contribution in [0.3, 0.4) is 0 Å². The van der Waals surface area contributed by atoms with Crippen molar-refractivity contribution in [1.82, 2.24) is 20.4 Å². The molecule has 0 aromatic rings. The third kappa shape index (κ3) is 3.06. The second kappa shape index (κ2) is 5.99. The number of amides is 3. The van der Waals surface area contributed by atoms with E-state index >= 15 is 0 Å². The van der Waals surface area contributed by atoms with Gasteiger partial charge in [-0.05, 0) is 33.2 Å². The van der Waals surface area contributed by atoms with E-state index in [1.807, 2.05) is 30.6 Å². The topological polar surface area (TPSA) is 64.7 Å². The average Bonchev–Trinajstić information content (AvgIpc) is 2.84. The van der Waals surface area contributed by atoms with Crippen LogP contribution in [0.2, 0.25) is 0 Å². The Morgan fingerprint density at radius 3 is 2.50 bits per heavy atom. The lowest BCUT2D eigenvalue weighted by Gasteiger charge is -2.39. The Morgan fingerprint density at radius 2 is 2.00 bits per heavy atom. The molecule has 0 spiro atoms. The van der Waals surface area contributed by atoms with Gasteiger partial charge in [0.2, 0.25) is 5.91 Å². The smallest absolute Gasteiger partial charge is 0.317 e. The third-order valence-electron chi connectivity index (χ3n) is 4.24. The van der Waals surface area contributed by atoms with Crippen LogP contribution in [0.15, 0.2) is 0 Å². The number of likely N-dealkylation sites (tertiary alicyclic amines) is 1. The number of urea groups is 1. The Hall–Kier alpha value is -1.30. The predicted octanol–water partition coefficient (Wildman–Crippen LogP) is 0.391. The number of nitrogens with one attached hydrogen (secondary N) is 2. The maximum Gasteiger partial charge on any atom is 0.317 e. The van der Waals surface area contributed by atoms with Crippen LogP contribution < -0.4 is 10.6 Å². The largest absolute Gasteiger partial charge is 0.341 e. The fraction of sp³-hybridized carbons (Fsp3) is 0.857. The van der Waals surface area contributed by atoms with E-state index < -0.39 is 5.54 Å². The molecule has 0 bridgehead atoms. The van der Waals surface area contributed by atoms with Gasteiger partial charge in [0.25, 0.3) is 0 Å². The predicted molar refractivity (Wildman–Crippen MR) is 77.5 cm³/mol. The van der Waals surface area contributed by atoms with Crippen LogP contribution in [0.5, 0.6) is 0 Å². The summed E-state index contributed by atoms with van der Waals surface area (Å²) in [5.41, 5.74) is -0.507. The number of nitrogens with zero attached hydrogens (tertiary/aromatic N) is 2. The molecule has 2 fully saturated rings. The standard InChI is InChI=1S/C14H26N4O2/c1-4-16-14(2,3)12(19)17-8-5-11(6-9-17)18-10-7-15-13(18)20/h11,16H,4-10H2,1-3H3,(H,15,20). The third-order valence-corrected chi connectivity index (χ3v) is 4.24. The van der Waals surface area contributed by atoms with Crippen molar-refractivity contribution < 1.29 is 9.59 Å². The van der Waals surface area contributed by atoms with E-state index in [0.717, 1.165) is 45.6 Å². The molecule has 0 aromatic carbocycles. The van der Waals surface area contributed by atoms with Crippen LogP contribution in [-0.2, 0) is 4.79 Å². The van der Waals surface area contributed by atoms with E-state index in [2.05, 4.69) is 10.6 Å². The van der Waals surface area contributed by atoms with Gasteiger partial charge in [0.15, 0.2) is 0 Å². The number of rotatable bonds is 4. The zero-order valence-electron chi connectivity index (χ0n) is 12.7. The average molecular weight is 282 g/mol. The van der Waals surface area contributed by atoms with Crippen LogP contribution in [0.25, 0.3) is 0 Å². The molecule has 20 heavy (non-hydrogen) atoms. The van der Waals surface area contributed by atoms with Crippen LogP contribution in [0, 0.1) is 0 Å². The van der Waals surface area contributed by atoms with Gasteiger partial charge in [0.1, 0.15) is 0 Å². The lowest BCUT2D eigenvalue weighted by molar-refractivity contribution is -0.138. The summed E-state index contributed by atoms with van der Waals surface area (Å²) in [5.74, 6) is 0.156. The normalized spacial score (nSPS) is 21.2. The highest BCUT2D eigenvalue weighted by Crippen LogP contribution is 2.20. The number of carbonyl (C=O) groups is 2. The Kier molecular flexibility index (Phi) is 4.52. The van der Waals surface area contributed by atoms with Gasteiger partial charge in [-0.2, -0.15) is 0 Å². The fourth-order valence-electron chi connectivity index (χ4n) is 3.13. The SMILES string of the molecule is CCNC(C)(C)C(=O)N1CCC(N2CCNC2=O)CC1. The zero-order chi connectivity index (χ0) is 14.8. The highest BCUT2D eigenvalue weighted by atomic mass is 16.2. The summed E-state index contributed by atoms with van der Waals surface area (Å²) in [6, 6.07) is 0.326. The maximum atomic E-state index is 12.5. The van der Waals surface area contributed by atoms with Gasteiger partial charge in [-0.15, -0.1) is 0 Å². The van der Waals surface area contributed by atoms with E-state index in [1.54, 1.807) is 0 Å². The van der Waals surface area contributed by atoms with Crippen molar-refractivity contribution in [1.29, 1.82) is 0 Å². The van der Waals surface area contributed by atoms with E-state index in [1.165, 1.54) is 0 Å². The van der Waals surface area contributed by atoms with Gasteiger partial charge >= 0.3 is 6.03 Å². The highest BCUT2D eigenvalue weighted by molar-refractivity contribution is 5.85. The Bertz CT molecular complexity index is 375. The molecule has 6 heteroatoms. The second-order valence-corrected chi connectivity index (χ2v) is 6.10. The van der Waals surface area contributed by atoms with Crippen molar-refractivity contribution in [3.05, 3.63) is 0 Å². The van der Waals surface area contributed by atoms with Gasteiger partial charge in [0, 0.05) is 32.2 Å². The number of piperidine rings is 1. The maximum absolute atomic E-state index is 12.5. The number of hydrogen-bond donors (Lipinski definition) is 2. The number of carbonyl (C=O) groups excluding carboxylic acids is 2. The molecule has 2 saturated heterocycles. The molecule has 0 atom stereocenters.